The van der Waals surface area contributed by atoms with Crippen LogP contribution in [-0.2, 0) is 6.42 Å². The van der Waals surface area contributed by atoms with Crippen LogP contribution in [0.4, 0.5) is 0 Å². The molecule has 2 rings (SSSR count). The van der Waals surface area contributed by atoms with E-state index in [0.717, 1.165) is 12.8 Å². The molecule has 0 amide bonds. The number of unbranched alkanes of at least 4 members (excludes halogenated alkanes) is 5. The number of hydrogen-bond donors (Lipinski definition) is 1. The van der Waals surface area contributed by atoms with Crippen LogP contribution in [-0.4, -0.2) is 5.54 Å². The Morgan fingerprint density at radius 3 is 2.33 bits per heavy atom. The Morgan fingerprint density at radius 2 is 1.71 bits per heavy atom. The number of aryl methyl sites for hydroxylation is 1. The summed E-state index contributed by atoms with van der Waals surface area (Å²) < 4.78 is 0. The van der Waals surface area contributed by atoms with Crippen LogP contribution < -0.4 is 5.73 Å². The van der Waals surface area contributed by atoms with Gasteiger partial charge in [-0.2, -0.15) is 0 Å². The zero-order valence-corrected chi connectivity index (χ0v) is 14.0. The molecule has 0 heterocycles. The summed E-state index contributed by atoms with van der Waals surface area (Å²) in [4.78, 5) is 0. The third-order valence-corrected chi connectivity index (χ3v) is 5.05. The van der Waals surface area contributed by atoms with Crippen LogP contribution in [0.15, 0.2) is 24.3 Å². The van der Waals surface area contributed by atoms with Crippen molar-refractivity contribution in [2.75, 3.05) is 0 Å². The summed E-state index contributed by atoms with van der Waals surface area (Å²) in [6.45, 7) is 4.47. The molecule has 1 aliphatic rings. The van der Waals surface area contributed by atoms with Crippen molar-refractivity contribution in [1.29, 1.82) is 0 Å². The quantitative estimate of drug-likeness (QED) is 0.621. The van der Waals surface area contributed by atoms with Crippen molar-refractivity contribution in [2.24, 2.45) is 5.73 Å². The van der Waals surface area contributed by atoms with Gasteiger partial charge in [0.15, 0.2) is 0 Å². The van der Waals surface area contributed by atoms with Gasteiger partial charge in [0.1, 0.15) is 0 Å². The number of benzene rings is 1. The first-order valence-electron chi connectivity index (χ1n) is 8.98. The Kier molecular flexibility index (Phi) is 6.29. The van der Waals surface area contributed by atoms with Crippen molar-refractivity contribution in [1.82, 2.24) is 0 Å². The number of rotatable bonds is 8. The van der Waals surface area contributed by atoms with Crippen LogP contribution in [0.2, 0.25) is 0 Å². The maximum atomic E-state index is 6.25. The van der Waals surface area contributed by atoms with E-state index in [2.05, 4.69) is 38.1 Å². The summed E-state index contributed by atoms with van der Waals surface area (Å²) in [5.41, 5.74) is 9.31. The molecule has 1 saturated carbocycles. The van der Waals surface area contributed by atoms with Gasteiger partial charge >= 0.3 is 0 Å². The SMILES string of the molecule is CCCCCCCCc1ccc([C@H]2CC[C@@](C)(N)C2)cc1. The highest BCUT2D eigenvalue weighted by Gasteiger charge is 2.32. The maximum Gasteiger partial charge on any atom is 0.0131 e. The second kappa shape index (κ2) is 7.98. The largest absolute Gasteiger partial charge is 0.325 e. The Labute approximate surface area is 131 Å². The molecule has 21 heavy (non-hydrogen) atoms. The van der Waals surface area contributed by atoms with E-state index in [1.54, 1.807) is 0 Å². The minimum absolute atomic E-state index is 0.0574. The molecule has 1 aliphatic carbocycles. The highest BCUT2D eigenvalue weighted by Crippen LogP contribution is 2.39. The van der Waals surface area contributed by atoms with E-state index in [4.69, 9.17) is 5.73 Å². The highest BCUT2D eigenvalue weighted by atomic mass is 14.7. The second-order valence-electron chi connectivity index (χ2n) is 7.35. The van der Waals surface area contributed by atoms with Gasteiger partial charge in [-0.25, -0.2) is 0 Å². The highest BCUT2D eigenvalue weighted by molar-refractivity contribution is 5.27. The van der Waals surface area contributed by atoms with E-state index in [0.29, 0.717) is 5.92 Å². The summed E-state index contributed by atoms with van der Waals surface area (Å²) in [6.07, 6.45) is 13.1. The molecule has 0 aromatic heterocycles. The molecule has 1 fully saturated rings. The van der Waals surface area contributed by atoms with E-state index in [9.17, 15) is 0 Å². The van der Waals surface area contributed by atoms with Crippen molar-refractivity contribution in [2.45, 2.75) is 89.5 Å². The minimum atomic E-state index is 0.0574. The van der Waals surface area contributed by atoms with Crippen molar-refractivity contribution in [3.63, 3.8) is 0 Å². The Balaban J connectivity index is 1.72. The fourth-order valence-corrected chi connectivity index (χ4v) is 3.62. The van der Waals surface area contributed by atoms with E-state index in [-0.39, 0.29) is 5.54 Å². The van der Waals surface area contributed by atoms with Gasteiger partial charge < -0.3 is 5.73 Å². The molecular weight excluding hydrogens is 254 g/mol. The molecule has 118 valence electrons. The average Bonchev–Trinajstić information content (AvgIpc) is 2.84. The third-order valence-electron chi connectivity index (χ3n) is 5.05. The van der Waals surface area contributed by atoms with E-state index < -0.39 is 0 Å². The summed E-state index contributed by atoms with van der Waals surface area (Å²) in [5.74, 6) is 0.683. The van der Waals surface area contributed by atoms with E-state index >= 15 is 0 Å². The molecular formula is C20H33N. The summed E-state index contributed by atoms with van der Waals surface area (Å²) in [5, 5.41) is 0. The maximum absolute atomic E-state index is 6.25. The van der Waals surface area contributed by atoms with Crippen molar-refractivity contribution in [3.8, 4) is 0 Å². The predicted molar refractivity (Wildman–Crippen MR) is 92.7 cm³/mol. The fraction of sp³-hybridized carbons (Fsp3) is 0.700. The Hall–Kier alpha value is -0.820. The first-order valence-corrected chi connectivity index (χ1v) is 8.98. The molecule has 1 heteroatoms. The summed E-state index contributed by atoms with van der Waals surface area (Å²) >= 11 is 0. The molecule has 0 unspecified atom stereocenters. The molecule has 0 spiro atoms. The lowest BCUT2D eigenvalue weighted by atomic mass is 9.93. The lowest BCUT2D eigenvalue weighted by Gasteiger charge is -2.17. The van der Waals surface area contributed by atoms with Crippen LogP contribution in [0.25, 0.3) is 0 Å². The lowest BCUT2D eigenvalue weighted by Crippen LogP contribution is -2.32. The average molecular weight is 287 g/mol. The lowest BCUT2D eigenvalue weighted by molar-refractivity contribution is 0.479. The van der Waals surface area contributed by atoms with Crippen LogP contribution in [0.3, 0.4) is 0 Å². The van der Waals surface area contributed by atoms with E-state index in [1.165, 1.54) is 62.5 Å². The zero-order chi connectivity index (χ0) is 15.1. The van der Waals surface area contributed by atoms with Crippen LogP contribution in [0, 0.1) is 0 Å². The predicted octanol–water partition coefficient (Wildman–Crippen LogP) is 5.57. The number of hydrogen-bond acceptors (Lipinski definition) is 1. The summed E-state index contributed by atoms with van der Waals surface area (Å²) in [7, 11) is 0. The fourth-order valence-electron chi connectivity index (χ4n) is 3.62. The standard InChI is InChI=1S/C20H33N/c1-3-4-5-6-7-8-9-17-10-12-18(13-11-17)19-14-15-20(2,21)16-19/h10-13,19H,3-9,14-16,21H2,1-2H3/t19-,20+/m0/s1. The molecule has 1 aromatic carbocycles. The van der Waals surface area contributed by atoms with Crippen molar-refractivity contribution >= 4 is 0 Å². The zero-order valence-electron chi connectivity index (χ0n) is 14.0. The second-order valence-corrected chi connectivity index (χ2v) is 7.35. The third kappa shape index (κ3) is 5.47. The molecule has 2 N–H and O–H groups in total. The van der Waals surface area contributed by atoms with E-state index in [1.807, 2.05) is 0 Å². The molecule has 0 bridgehead atoms. The minimum Gasteiger partial charge on any atom is -0.325 e. The molecule has 1 aromatic rings. The molecule has 0 aliphatic heterocycles. The van der Waals surface area contributed by atoms with Crippen molar-refractivity contribution in [3.05, 3.63) is 35.4 Å². The van der Waals surface area contributed by atoms with Crippen LogP contribution in [0.1, 0.15) is 88.7 Å². The molecule has 0 saturated heterocycles. The van der Waals surface area contributed by atoms with Crippen LogP contribution >= 0.6 is 0 Å². The Bertz CT molecular complexity index is 404. The first-order chi connectivity index (χ1) is 10.1. The van der Waals surface area contributed by atoms with Gasteiger partial charge in [0.2, 0.25) is 0 Å². The van der Waals surface area contributed by atoms with Gasteiger partial charge in [0.05, 0.1) is 0 Å². The smallest absolute Gasteiger partial charge is 0.0131 e. The van der Waals surface area contributed by atoms with Gasteiger partial charge in [0.25, 0.3) is 0 Å². The van der Waals surface area contributed by atoms with Gasteiger partial charge in [-0.15, -0.1) is 0 Å². The summed E-state index contributed by atoms with van der Waals surface area (Å²) in [6, 6.07) is 9.37. The van der Waals surface area contributed by atoms with Gasteiger partial charge in [-0.1, -0.05) is 63.3 Å². The van der Waals surface area contributed by atoms with Gasteiger partial charge in [0, 0.05) is 5.54 Å². The van der Waals surface area contributed by atoms with Gasteiger partial charge in [-0.3, -0.25) is 0 Å². The number of nitrogens with two attached hydrogens (primary N) is 1. The molecule has 1 nitrogen and oxygen atoms in total. The Morgan fingerprint density at radius 1 is 1.05 bits per heavy atom. The van der Waals surface area contributed by atoms with Gasteiger partial charge in [-0.05, 0) is 56.1 Å². The first kappa shape index (κ1) is 16.5. The molecule has 0 radical (unpaired) electrons. The van der Waals surface area contributed by atoms with Crippen LogP contribution in [0.5, 0.6) is 0 Å². The topological polar surface area (TPSA) is 26.0 Å². The monoisotopic (exact) mass is 287 g/mol. The van der Waals surface area contributed by atoms with Crippen molar-refractivity contribution < 1.29 is 0 Å². The molecule has 2 atom stereocenters. The normalized spacial score (nSPS) is 25.4.